The fourth-order valence-electron chi connectivity index (χ4n) is 2.03. The second kappa shape index (κ2) is 10.6. The van der Waals surface area contributed by atoms with Crippen LogP contribution in [-0.2, 0) is 4.74 Å². The zero-order valence-corrected chi connectivity index (χ0v) is 13.1. The largest absolute Gasteiger partial charge is 0.478 e. The van der Waals surface area contributed by atoms with Crippen LogP contribution in [0.3, 0.4) is 0 Å². The van der Waals surface area contributed by atoms with Gasteiger partial charge in [-0.25, -0.2) is 4.98 Å². The van der Waals surface area contributed by atoms with Crippen LogP contribution in [0.5, 0.6) is 5.88 Å². The van der Waals surface area contributed by atoms with E-state index >= 15 is 0 Å². The van der Waals surface area contributed by atoms with Crippen molar-refractivity contribution in [3.8, 4) is 5.88 Å². The molecule has 0 spiro atoms. The lowest BCUT2D eigenvalue weighted by Gasteiger charge is -2.18. The highest BCUT2D eigenvalue weighted by molar-refractivity contribution is 5.16. The summed E-state index contributed by atoms with van der Waals surface area (Å²) < 4.78 is 11.0. The van der Waals surface area contributed by atoms with E-state index in [9.17, 15) is 0 Å². The predicted molar refractivity (Wildman–Crippen MR) is 82.3 cm³/mol. The van der Waals surface area contributed by atoms with Gasteiger partial charge in [-0.3, -0.25) is 0 Å². The second-order valence-electron chi connectivity index (χ2n) is 4.68. The summed E-state index contributed by atoms with van der Waals surface area (Å²) in [6, 6.07) is 3.95. The van der Waals surface area contributed by atoms with Gasteiger partial charge in [-0.15, -0.1) is 0 Å². The number of nitrogens with zero attached hydrogens (tertiary/aromatic N) is 2. The Kier molecular flexibility index (Phi) is 9.00. The lowest BCUT2D eigenvalue weighted by Crippen LogP contribution is -2.28. The minimum Gasteiger partial charge on any atom is -0.478 e. The third-order valence-corrected chi connectivity index (χ3v) is 3.07. The molecule has 1 aliphatic rings. The second-order valence-corrected chi connectivity index (χ2v) is 4.68. The van der Waals surface area contributed by atoms with Gasteiger partial charge < -0.3 is 14.4 Å². The molecule has 2 heterocycles. The van der Waals surface area contributed by atoms with Crippen LogP contribution >= 0.6 is 0 Å². The van der Waals surface area contributed by atoms with E-state index in [1.807, 2.05) is 39.1 Å². The SMILES string of the molecule is CC.Cc1ccc(OCCCN2CCCOCC2)nc1. The molecular weight excluding hydrogens is 252 g/mol. The van der Waals surface area contributed by atoms with E-state index in [1.165, 1.54) is 0 Å². The van der Waals surface area contributed by atoms with Crippen molar-refractivity contribution in [1.29, 1.82) is 0 Å². The zero-order chi connectivity index (χ0) is 14.6. The molecule has 20 heavy (non-hydrogen) atoms. The van der Waals surface area contributed by atoms with E-state index < -0.39 is 0 Å². The highest BCUT2D eigenvalue weighted by Crippen LogP contribution is 2.07. The van der Waals surface area contributed by atoms with Crippen LogP contribution in [0.25, 0.3) is 0 Å². The molecule has 0 amide bonds. The maximum Gasteiger partial charge on any atom is 0.213 e. The van der Waals surface area contributed by atoms with E-state index in [0.29, 0.717) is 0 Å². The lowest BCUT2D eigenvalue weighted by molar-refractivity contribution is 0.140. The first-order chi connectivity index (χ1) is 9.84. The Morgan fingerprint density at radius 2 is 2.10 bits per heavy atom. The third kappa shape index (κ3) is 6.87. The number of pyridine rings is 1. The maximum atomic E-state index is 5.61. The Morgan fingerprint density at radius 3 is 2.85 bits per heavy atom. The minimum atomic E-state index is 0.722. The van der Waals surface area contributed by atoms with Crippen LogP contribution in [0.2, 0.25) is 0 Å². The van der Waals surface area contributed by atoms with Gasteiger partial charge in [0, 0.05) is 38.5 Å². The van der Waals surface area contributed by atoms with Crippen LogP contribution in [0.4, 0.5) is 0 Å². The average molecular weight is 280 g/mol. The first-order valence-electron chi connectivity index (χ1n) is 7.70. The molecule has 0 radical (unpaired) electrons. The smallest absolute Gasteiger partial charge is 0.213 e. The van der Waals surface area contributed by atoms with Gasteiger partial charge in [0.05, 0.1) is 13.2 Å². The summed E-state index contributed by atoms with van der Waals surface area (Å²) in [7, 11) is 0. The summed E-state index contributed by atoms with van der Waals surface area (Å²) in [6.45, 7) is 11.8. The third-order valence-electron chi connectivity index (χ3n) is 3.07. The van der Waals surface area contributed by atoms with Crippen molar-refractivity contribution in [3.05, 3.63) is 23.9 Å². The van der Waals surface area contributed by atoms with Gasteiger partial charge in [-0.05, 0) is 25.3 Å². The number of aromatic nitrogens is 1. The Hall–Kier alpha value is -1.13. The van der Waals surface area contributed by atoms with Crippen molar-refractivity contribution in [3.63, 3.8) is 0 Å². The Balaban J connectivity index is 0.000000956. The fourth-order valence-corrected chi connectivity index (χ4v) is 2.03. The highest BCUT2D eigenvalue weighted by atomic mass is 16.5. The minimum absolute atomic E-state index is 0.722. The standard InChI is InChI=1S/C14H22N2O2.C2H6/c1-13-4-5-14(15-12-13)18-10-3-7-16-6-2-9-17-11-8-16;1-2/h4-5,12H,2-3,6-11H2,1H3;1-2H3. The molecule has 4 nitrogen and oxygen atoms in total. The Labute approximate surface area is 123 Å². The fraction of sp³-hybridized carbons (Fsp3) is 0.688. The van der Waals surface area contributed by atoms with E-state index in [-0.39, 0.29) is 0 Å². The summed E-state index contributed by atoms with van der Waals surface area (Å²) in [5.41, 5.74) is 1.16. The van der Waals surface area contributed by atoms with Crippen molar-refractivity contribution in [2.75, 3.05) is 39.5 Å². The molecule has 2 rings (SSSR count). The van der Waals surface area contributed by atoms with Gasteiger partial charge in [-0.1, -0.05) is 19.9 Å². The van der Waals surface area contributed by atoms with Gasteiger partial charge in [0.15, 0.2) is 0 Å². The highest BCUT2D eigenvalue weighted by Gasteiger charge is 2.08. The van der Waals surface area contributed by atoms with Crippen LogP contribution in [0.1, 0.15) is 32.3 Å². The number of ether oxygens (including phenoxy) is 2. The molecule has 0 bridgehead atoms. The van der Waals surface area contributed by atoms with E-state index in [2.05, 4.69) is 9.88 Å². The molecule has 0 N–H and O–H groups in total. The summed E-state index contributed by atoms with van der Waals surface area (Å²) in [6.07, 6.45) is 4.01. The molecule has 1 saturated heterocycles. The summed E-state index contributed by atoms with van der Waals surface area (Å²) in [5, 5.41) is 0. The molecule has 0 aromatic carbocycles. The lowest BCUT2D eigenvalue weighted by atomic mass is 10.3. The first kappa shape index (κ1) is 16.9. The summed E-state index contributed by atoms with van der Waals surface area (Å²) >= 11 is 0. The number of hydrogen-bond acceptors (Lipinski definition) is 4. The van der Waals surface area contributed by atoms with Crippen molar-refractivity contribution < 1.29 is 9.47 Å². The number of hydrogen-bond donors (Lipinski definition) is 0. The van der Waals surface area contributed by atoms with E-state index in [0.717, 1.165) is 63.7 Å². The monoisotopic (exact) mass is 280 g/mol. The van der Waals surface area contributed by atoms with Crippen LogP contribution in [0.15, 0.2) is 18.3 Å². The van der Waals surface area contributed by atoms with Crippen molar-refractivity contribution in [1.82, 2.24) is 9.88 Å². The molecule has 0 saturated carbocycles. The molecule has 1 aromatic rings. The van der Waals surface area contributed by atoms with Gasteiger partial charge in [-0.2, -0.15) is 0 Å². The molecular formula is C16H28N2O2. The molecule has 0 unspecified atom stereocenters. The van der Waals surface area contributed by atoms with Crippen LogP contribution in [0, 0.1) is 6.92 Å². The molecule has 1 aliphatic heterocycles. The van der Waals surface area contributed by atoms with Gasteiger partial charge in [0.1, 0.15) is 0 Å². The van der Waals surface area contributed by atoms with Crippen molar-refractivity contribution in [2.24, 2.45) is 0 Å². The van der Waals surface area contributed by atoms with Gasteiger partial charge >= 0.3 is 0 Å². The molecule has 114 valence electrons. The van der Waals surface area contributed by atoms with Crippen LogP contribution < -0.4 is 4.74 Å². The first-order valence-corrected chi connectivity index (χ1v) is 7.70. The topological polar surface area (TPSA) is 34.6 Å². The molecule has 0 atom stereocenters. The van der Waals surface area contributed by atoms with E-state index in [1.54, 1.807) is 0 Å². The van der Waals surface area contributed by atoms with Crippen molar-refractivity contribution >= 4 is 0 Å². The molecule has 1 fully saturated rings. The molecule has 1 aromatic heterocycles. The average Bonchev–Trinajstić information content (AvgIpc) is 2.76. The van der Waals surface area contributed by atoms with Gasteiger partial charge in [0.25, 0.3) is 0 Å². The molecule has 4 heteroatoms. The Morgan fingerprint density at radius 1 is 1.25 bits per heavy atom. The number of rotatable bonds is 5. The zero-order valence-electron chi connectivity index (χ0n) is 13.1. The van der Waals surface area contributed by atoms with E-state index in [4.69, 9.17) is 9.47 Å². The summed E-state index contributed by atoms with van der Waals surface area (Å²) in [5.74, 6) is 0.722. The normalized spacial score (nSPS) is 15.9. The quantitative estimate of drug-likeness (QED) is 0.777. The molecule has 0 aliphatic carbocycles. The summed E-state index contributed by atoms with van der Waals surface area (Å²) in [4.78, 5) is 6.67. The predicted octanol–water partition coefficient (Wildman–Crippen LogP) is 2.91. The number of aryl methyl sites for hydroxylation is 1. The Bertz CT molecular complexity index is 333. The van der Waals surface area contributed by atoms with Gasteiger partial charge in [0.2, 0.25) is 5.88 Å². The van der Waals surface area contributed by atoms with Crippen LogP contribution in [-0.4, -0.2) is 49.3 Å². The van der Waals surface area contributed by atoms with Crippen molar-refractivity contribution in [2.45, 2.75) is 33.6 Å². The maximum absolute atomic E-state index is 5.61.